The Morgan fingerprint density at radius 1 is 0.733 bits per heavy atom. The van der Waals surface area contributed by atoms with Crippen molar-refractivity contribution in [1.29, 1.82) is 0 Å². The number of ether oxygens (including phenoxy) is 1. The molecule has 2 aliphatic rings. The van der Waals surface area contributed by atoms with Crippen molar-refractivity contribution in [1.82, 2.24) is 4.90 Å². The summed E-state index contributed by atoms with van der Waals surface area (Å²) in [6.45, 7) is 4.42. The first-order valence-electron chi connectivity index (χ1n) is 6.78. The maximum Gasteiger partial charge on any atom is 0.0593 e. The number of rotatable bonds is 1. The van der Waals surface area contributed by atoms with Crippen molar-refractivity contribution >= 4 is 0 Å². The molecule has 0 bridgehead atoms. The fraction of sp³-hybridized carbons (Fsp3) is 1.00. The predicted octanol–water partition coefficient (Wildman–Crippen LogP) is 2.82. The molecule has 88 valence electrons. The molecule has 0 aromatic heterocycles. The van der Waals surface area contributed by atoms with Gasteiger partial charge in [-0.05, 0) is 38.6 Å². The average Bonchev–Trinajstić information content (AvgIpc) is 2.43. The summed E-state index contributed by atoms with van der Waals surface area (Å²) in [6, 6.07) is 0.875. The Bertz CT molecular complexity index is 156. The van der Waals surface area contributed by atoms with Crippen molar-refractivity contribution in [3.8, 4) is 0 Å². The number of nitrogens with zero attached hydrogens (tertiary/aromatic N) is 1. The first-order valence-corrected chi connectivity index (χ1v) is 6.78. The molecule has 1 heterocycles. The summed E-state index contributed by atoms with van der Waals surface area (Å²) in [7, 11) is 0. The molecule has 0 amide bonds. The van der Waals surface area contributed by atoms with Crippen LogP contribution >= 0.6 is 0 Å². The van der Waals surface area contributed by atoms with Gasteiger partial charge in [0.05, 0.1) is 6.61 Å². The van der Waals surface area contributed by atoms with Crippen LogP contribution in [0.15, 0.2) is 0 Å². The van der Waals surface area contributed by atoms with Crippen LogP contribution in [-0.2, 0) is 4.74 Å². The molecule has 1 saturated heterocycles. The van der Waals surface area contributed by atoms with Crippen LogP contribution in [0.2, 0.25) is 0 Å². The van der Waals surface area contributed by atoms with Crippen molar-refractivity contribution in [3.63, 3.8) is 0 Å². The standard InChI is InChI=1S/C13H25NO/c1-3-7-13(8-4-1)14-9-5-2-6-11-15-12-10-14/h13H,1-12H2. The van der Waals surface area contributed by atoms with Crippen LogP contribution in [0.3, 0.4) is 0 Å². The molecule has 1 aliphatic heterocycles. The third kappa shape index (κ3) is 3.76. The third-order valence-electron chi connectivity index (χ3n) is 3.85. The molecule has 2 heteroatoms. The van der Waals surface area contributed by atoms with Crippen molar-refractivity contribution in [2.24, 2.45) is 0 Å². The molecule has 0 atom stereocenters. The molecule has 0 spiro atoms. The fourth-order valence-corrected chi connectivity index (χ4v) is 2.90. The molecule has 0 aromatic carbocycles. The van der Waals surface area contributed by atoms with E-state index in [0.29, 0.717) is 0 Å². The Hall–Kier alpha value is -0.0800. The first kappa shape index (κ1) is 11.4. The van der Waals surface area contributed by atoms with Gasteiger partial charge < -0.3 is 4.74 Å². The lowest BCUT2D eigenvalue weighted by molar-refractivity contribution is 0.0849. The molecule has 15 heavy (non-hydrogen) atoms. The Kier molecular flexibility index (Phi) is 4.94. The van der Waals surface area contributed by atoms with Crippen LogP contribution in [0, 0.1) is 0 Å². The van der Waals surface area contributed by atoms with Gasteiger partial charge in [-0.25, -0.2) is 0 Å². The average molecular weight is 211 g/mol. The van der Waals surface area contributed by atoms with Crippen LogP contribution in [0.1, 0.15) is 51.4 Å². The van der Waals surface area contributed by atoms with E-state index in [1.165, 1.54) is 64.5 Å². The molecule has 1 aliphatic carbocycles. The van der Waals surface area contributed by atoms with Crippen molar-refractivity contribution in [3.05, 3.63) is 0 Å². The maximum atomic E-state index is 5.63. The molecule has 2 rings (SSSR count). The van der Waals surface area contributed by atoms with E-state index in [1.807, 2.05) is 0 Å². The minimum atomic E-state index is 0.875. The van der Waals surface area contributed by atoms with Crippen LogP contribution < -0.4 is 0 Å². The SMILES string of the molecule is C1CCC(N2CCCCCOCC2)CC1. The molecule has 0 aromatic rings. The van der Waals surface area contributed by atoms with Gasteiger partial charge in [0.25, 0.3) is 0 Å². The van der Waals surface area contributed by atoms with Crippen LogP contribution in [-0.4, -0.2) is 37.2 Å². The minimum Gasteiger partial charge on any atom is -0.380 e. The molecule has 0 unspecified atom stereocenters. The molecular weight excluding hydrogens is 186 g/mol. The Morgan fingerprint density at radius 3 is 2.40 bits per heavy atom. The van der Waals surface area contributed by atoms with Gasteiger partial charge in [0.2, 0.25) is 0 Å². The minimum absolute atomic E-state index is 0.875. The molecule has 2 nitrogen and oxygen atoms in total. The van der Waals surface area contributed by atoms with Gasteiger partial charge in [0.15, 0.2) is 0 Å². The third-order valence-corrected chi connectivity index (χ3v) is 3.85. The maximum absolute atomic E-state index is 5.63. The predicted molar refractivity (Wildman–Crippen MR) is 63.1 cm³/mol. The van der Waals surface area contributed by atoms with E-state index in [4.69, 9.17) is 4.74 Å². The highest BCUT2D eigenvalue weighted by atomic mass is 16.5. The fourth-order valence-electron chi connectivity index (χ4n) is 2.90. The highest BCUT2D eigenvalue weighted by molar-refractivity contribution is 4.76. The molecule has 2 fully saturated rings. The highest BCUT2D eigenvalue weighted by Crippen LogP contribution is 2.23. The topological polar surface area (TPSA) is 12.5 Å². The summed E-state index contributed by atoms with van der Waals surface area (Å²) in [6.07, 6.45) is 11.2. The second-order valence-electron chi connectivity index (χ2n) is 5.00. The van der Waals surface area contributed by atoms with Gasteiger partial charge in [0.1, 0.15) is 0 Å². The van der Waals surface area contributed by atoms with Gasteiger partial charge in [-0.1, -0.05) is 19.3 Å². The molecule has 0 radical (unpaired) electrons. The Labute approximate surface area is 94.0 Å². The van der Waals surface area contributed by atoms with Gasteiger partial charge >= 0.3 is 0 Å². The van der Waals surface area contributed by atoms with E-state index in [2.05, 4.69) is 4.90 Å². The summed E-state index contributed by atoms with van der Waals surface area (Å²) >= 11 is 0. The second-order valence-corrected chi connectivity index (χ2v) is 5.00. The zero-order valence-electron chi connectivity index (χ0n) is 9.92. The van der Waals surface area contributed by atoms with Crippen molar-refractivity contribution in [2.45, 2.75) is 57.4 Å². The Balaban J connectivity index is 1.80. The van der Waals surface area contributed by atoms with Crippen LogP contribution in [0.25, 0.3) is 0 Å². The summed E-state index contributed by atoms with van der Waals surface area (Å²) in [5, 5.41) is 0. The lowest BCUT2D eigenvalue weighted by Crippen LogP contribution is -2.39. The molecule has 0 N–H and O–H groups in total. The van der Waals surface area contributed by atoms with Crippen molar-refractivity contribution in [2.75, 3.05) is 26.3 Å². The normalized spacial score (nSPS) is 28.0. The van der Waals surface area contributed by atoms with E-state index >= 15 is 0 Å². The quantitative estimate of drug-likeness (QED) is 0.661. The van der Waals surface area contributed by atoms with E-state index in [9.17, 15) is 0 Å². The molecule has 1 saturated carbocycles. The zero-order chi connectivity index (χ0) is 10.3. The van der Waals surface area contributed by atoms with Crippen LogP contribution in [0.5, 0.6) is 0 Å². The lowest BCUT2D eigenvalue weighted by Gasteiger charge is -2.34. The lowest BCUT2D eigenvalue weighted by atomic mass is 9.94. The van der Waals surface area contributed by atoms with Crippen LogP contribution in [0.4, 0.5) is 0 Å². The van der Waals surface area contributed by atoms with Gasteiger partial charge in [-0.2, -0.15) is 0 Å². The monoisotopic (exact) mass is 211 g/mol. The van der Waals surface area contributed by atoms with E-state index in [1.54, 1.807) is 0 Å². The zero-order valence-corrected chi connectivity index (χ0v) is 9.92. The highest BCUT2D eigenvalue weighted by Gasteiger charge is 2.20. The van der Waals surface area contributed by atoms with E-state index in [0.717, 1.165) is 19.3 Å². The summed E-state index contributed by atoms with van der Waals surface area (Å²) in [5.41, 5.74) is 0. The molecular formula is C13H25NO. The Morgan fingerprint density at radius 2 is 1.53 bits per heavy atom. The smallest absolute Gasteiger partial charge is 0.0593 e. The first-order chi connectivity index (χ1) is 7.47. The van der Waals surface area contributed by atoms with Gasteiger partial charge in [-0.3, -0.25) is 4.90 Å². The van der Waals surface area contributed by atoms with Gasteiger partial charge in [-0.15, -0.1) is 0 Å². The van der Waals surface area contributed by atoms with E-state index < -0.39 is 0 Å². The van der Waals surface area contributed by atoms with Crippen molar-refractivity contribution < 1.29 is 4.74 Å². The summed E-state index contributed by atoms with van der Waals surface area (Å²) in [4.78, 5) is 2.70. The summed E-state index contributed by atoms with van der Waals surface area (Å²) in [5.74, 6) is 0. The largest absolute Gasteiger partial charge is 0.380 e. The number of hydrogen-bond donors (Lipinski definition) is 0. The number of hydrogen-bond acceptors (Lipinski definition) is 2. The van der Waals surface area contributed by atoms with Gasteiger partial charge in [0, 0.05) is 19.2 Å². The van der Waals surface area contributed by atoms with E-state index in [-0.39, 0.29) is 0 Å². The summed E-state index contributed by atoms with van der Waals surface area (Å²) < 4.78 is 5.63. The second kappa shape index (κ2) is 6.49.